The Kier molecular flexibility index (Phi) is 8.23. The lowest BCUT2D eigenvalue weighted by Crippen LogP contribution is -2.42. The van der Waals surface area contributed by atoms with Gasteiger partial charge in [-0.05, 0) is 63.1 Å². The molecule has 9 nitrogen and oxygen atoms in total. The van der Waals surface area contributed by atoms with Crippen LogP contribution in [0.3, 0.4) is 0 Å². The number of nitrogens with zero attached hydrogens (tertiary/aromatic N) is 3. The lowest BCUT2D eigenvalue weighted by molar-refractivity contribution is -0.137. The Hall–Kier alpha value is -2.98. The van der Waals surface area contributed by atoms with Crippen LogP contribution in [0.5, 0.6) is 0 Å². The second-order valence-electron chi connectivity index (χ2n) is 10.5. The van der Waals surface area contributed by atoms with E-state index in [1.807, 2.05) is 36.0 Å². The predicted molar refractivity (Wildman–Crippen MR) is 154 cm³/mol. The van der Waals surface area contributed by atoms with Crippen molar-refractivity contribution in [2.45, 2.75) is 78.6 Å². The molecule has 5 rings (SSSR count). The molecule has 2 amide bonds. The zero-order valence-corrected chi connectivity index (χ0v) is 24.5. The summed E-state index contributed by atoms with van der Waals surface area (Å²) in [6, 6.07) is 6.27. The summed E-state index contributed by atoms with van der Waals surface area (Å²) >= 11 is 3.54. The van der Waals surface area contributed by atoms with Crippen LogP contribution in [0.25, 0.3) is 11.0 Å². The Balaban J connectivity index is 1.34. The molecule has 1 saturated carbocycles. The third kappa shape index (κ3) is 5.68. The SMILES string of the molecule is CCc1nc2c(cnn2CC)c(NC2CCOCC2)c1CNC(=O)C1(C(=O)NCc2ccc(C)c(Br)c2)CC1. The molecule has 0 spiro atoms. The maximum atomic E-state index is 13.4. The van der Waals surface area contributed by atoms with Gasteiger partial charge in [0.15, 0.2) is 5.65 Å². The number of amides is 2. The molecular formula is C29H37BrN6O3. The number of aromatic nitrogens is 3. The summed E-state index contributed by atoms with van der Waals surface area (Å²) in [6.07, 6.45) is 5.51. The normalized spacial score (nSPS) is 16.7. The van der Waals surface area contributed by atoms with Crippen molar-refractivity contribution in [2.75, 3.05) is 18.5 Å². The highest BCUT2D eigenvalue weighted by Gasteiger charge is 2.56. The number of anilines is 1. The number of rotatable bonds is 10. The first kappa shape index (κ1) is 27.6. The van der Waals surface area contributed by atoms with E-state index >= 15 is 0 Å². The van der Waals surface area contributed by atoms with Gasteiger partial charge in [-0.1, -0.05) is 35.0 Å². The van der Waals surface area contributed by atoms with Gasteiger partial charge in [-0.15, -0.1) is 0 Å². The Bertz CT molecular complexity index is 1380. The van der Waals surface area contributed by atoms with Crippen molar-refractivity contribution < 1.29 is 14.3 Å². The zero-order chi connectivity index (χ0) is 27.6. The Morgan fingerprint density at radius 3 is 2.49 bits per heavy atom. The number of aryl methyl sites for hydroxylation is 3. The predicted octanol–water partition coefficient (Wildman–Crippen LogP) is 4.39. The molecule has 3 heterocycles. The van der Waals surface area contributed by atoms with Crippen LogP contribution < -0.4 is 16.0 Å². The number of carbonyl (C=O) groups excluding carboxylic acids is 2. The van der Waals surface area contributed by atoms with E-state index in [4.69, 9.17) is 9.72 Å². The highest BCUT2D eigenvalue weighted by Crippen LogP contribution is 2.46. The van der Waals surface area contributed by atoms with Gasteiger partial charge in [0, 0.05) is 54.6 Å². The molecule has 0 radical (unpaired) electrons. The minimum absolute atomic E-state index is 0.217. The van der Waals surface area contributed by atoms with Gasteiger partial charge in [0.1, 0.15) is 5.41 Å². The van der Waals surface area contributed by atoms with Crippen molar-refractivity contribution >= 4 is 44.5 Å². The van der Waals surface area contributed by atoms with Crippen LogP contribution in [-0.4, -0.2) is 45.8 Å². The average Bonchev–Trinajstić information content (AvgIpc) is 3.67. The molecule has 0 bridgehead atoms. The molecule has 2 fully saturated rings. The van der Waals surface area contributed by atoms with E-state index in [1.54, 1.807) is 0 Å². The molecule has 1 aliphatic heterocycles. The molecule has 3 N–H and O–H groups in total. The third-order valence-corrected chi connectivity index (χ3v) is 8.76. The molecule has 0 atom stereocenters. The Labute approximate surface area is 237 Å². The van der Waals surface area contributed by atoms with Gasteiger partial charge in [0.05, 0.1) is 17.3 Å². The lowest BCUT2D eigenvalue weighted by Gasteiger charge is -2.27. The molecule has 2 aromatic heterocycles. The monoisotopic (exact) mass is 596 g/mol. The van der Waals surface area contributed by atoms with E-state index < -0.39 is 5.41 Å². The fraction of sp³-hybridized carbons (Fsp3) is 0.517. The highest BCUT2D eigenvalue weighted by atomic mass is 79.9. The number of carbonyl (C=O) groups is 2. The number of nitrogens with one attached hydrogen (secondary N) is 3. The van der Waals surface area contributed by atoms with Crippen molar-refractivity contribution in [3.63, 3.8) is 0 Å². The summed E-state index contributed by atoms with van der Waals surface area (Å²) in [5.41, 5.74) is 4.82. The summed E-state index contributed by atoms with van der Waals surface area (Å²) in [5, 5.41) is 15.3. The Morgan fingerprint density at radius 1 is 1.13 bits per heavy atom. The summed E-state index contributed by atoms with van der Waals surface area (Å²) in [6.45, 7) is 9.01. The van der Waals surface area contributed by atoms with E-state index in [1.165, 1.54) is 0 Å². The van der Waals surface area contributed by atoms with Crippen molar-refractivity contribution in [2.24, 2.45) is 5.41 Å². The minimum atomic E-state index is -1.01. The summed E-state index contributed by atoms with van der Waals surface area (Å²) in [5.74, 6) is -0.445. The van der Waals surface area contributed by atoms with E-state index in [2.05, 4.69) is 50.8 Å². The van der Waals surface area contributed by atoms with Crippen molar-refractivity contribution in [1.82, 2.24) is 25.4 Å². The zero-order valence-electron chi connectivity index (χ0n) is 22.9. The molecule has 1 aromatic carbocycles. The summed E-state index contributed by atoms with van der Waals surface area (Å²) in [7, 11) is 0. The fourth-order valence-electron chi connectivity index (χ4n) is 5.22. The first-order valence-corrected chi connectivity index (χ1v) is 14.7. The van der Waals surface area contributed by atoms with Crippen molar-refractivity contribution in [1.29, 1.82) is 0 Å². The topological polar surface area (TPSA) is 110 Å². The van der Waals surface area contributed by atoms with E-state index in [9.17, 15) is 9.59 Å². The number of pyridine rings is 1. The minimum Gasteiger partial charge on any atom is -0.381 e. The van der Waals surface area contributed by atoms with Crippen LogP contribution in [-0.2, 0) is 40.4 Å². The van der Waals surface area contributed by atoms with Gasteiger partial charge in [-0.2, -0.15) is 5.10 Å². The molecule has 1 saturated heterocycles. The fourth-order valence-corrected chi connectivity index (χ4v) is 5.64. The number of halogens is 1. The number of ether oxygens (including phenoxy) is 1. The van der Waals surface area contributed by atoms with Crippen LogP contribution in [0, 0.1) is 12.3 Å². The first-order valence-electron chi connectivity index (χ1n) is 13.9. The lowest BCUT2D eigenvalue weighted by atomic mass is 10.0. The van der Waals surface area contributed by atoms with Gasteiger partial charge in [0.2, 0.25) is 11.8 Å². The maximum absolute atomic E-state index is 13.4. The standard InChI is InChI=1S/C29H37BrN6O3/c1-4-24-21(25(34-20-8-12-39-13-9-20)22-17-33-36(5-2)26(22)35-24)16-32-28(38)29(10-11-29)27(37)31-15-19-7-6-18(3)23(30)14-19/h6-7,14,17,20H,4-5,8-13,15-16H2,1-3H3,(H,31,37)(H,32,38)(H,34,35). The summed E-state index contributed by atoms with van der Waals surface area (Å²) in [4.78, 5) is 31.5. The van der Waals surface area contributed by atoms with Gasteiger partial charge < -0.3 is 20.7 Å². The van der Waals surface area contributed by atoms with Gasteiger partial charge in [-0.25, -0.2) is 9.67 Å². The van der Waals surface area contributed by atoms with Crippen LogP contribution in [0.1, 0.15) is 61.9 Å². The molecule has 0 unspecified atom stereocenters. The second-order valence-corrected chi connectivity index (χ2v) is 11.4. The van der Waals surface area contributed by atoms with E-state index in [-0.39, 0.29) is 17.9 Å². The average molecular weight is 598 g/mol. The molecule has 1 aliphatic carbocycles. The van der Waals surface area contributed by atoms with Crippen molar-refractivity contribution in [3.05, 3.63) is 51.3 Å². The number of hydrogen-bond acceptors (Lipinski definition) is 6. The number of benzene rings is 1. The highest BCUT2D eigenvalue weighted by molar-refractivity contribution is 9.10. The van der Waals surface area contributed by atoms with Crippen molar-refractivity contribution in [3.8, 4) is 0 Å². The van der Waals surface area contributed by atoms with Crippen LogP contribution in [0.15, 0.2) is 28.9 Å². The van der Waals surface area contributed by atoms with Gasteiger partial charge in [-0.3, -0.25) is 9.59 Å². The van der Waals surface area contributed by atoms with Crippen LogP contribution in [0.2, 0.25) is 0 Å². The summed E-state index contributed by atoms with van der Waals surface area (Å²) < 4.78 is 8.47. The first-order chi connectivity index (χ1) is 18.9. The smallest absolute Gasteiger partial charge is 0.235 e. The molecule has 10 heteroatoms. The quantitative estimate of drug-likeness (QED) is 0.299. The number of fused-ring (bicyclic) bond motifs is 1. The molecular weight excluding hydrogens is 560 g/mol. The second kappa shape index (κ2) is 11.6. The van der Waals surface area contributed by atoms with Gasteiger partial charge in [0.25, 0.3) is 0 Å². The molecule has 208 valence electrons. The van der Waals surface area contributed by atoms with Gasteiger partial charge >= 0.3 is 0 Å². The maximum Gasteiger partial charge on any atom is 0.235 e. The molecule has 3 aromatic rings. The van der Waals surface area contributed by atoms with E-state index in [0.29, 0.717) is 25.9 Å². The third-order valence-electron chi connectivity index (χ3n) is 7.91. The number of hydrogen-bond donors (Lipinski definition) is 3. The molecule has 39 heavy (non-hydrogen) atoms. The van der Waals surface area contributed by atoms with Crippen LogP contribution in [0.4, 0.5) is 5.69 Å². The van der Waals surface area contributed by atoms with E-state index in [0.717, 1.165) is 82.6 Å². The molecule has 2 aliphatic rings. The Morgan fingerprint density at radius 2 is 1.85 bits per heavy atom. The van der Waals surface area contributed by atoms with Crippen LogP contribution >= 0.6 is 15.9 Å². The largest absolute Gasteiger partial charge is 0.381 e.